The van der Waals surface area contributed by atoms with E-state index in [1.54, 1.807) is 11.3 Å². The van der Waals surface area contributed by atoms with E-state index in [1.807, 2.05) is 11.4 Å². The predicted octanol–water partition coefficient (Wildman–Crippen LogP) is 2.83. The van der Waals surface area contributed by atoms with Crippen LogP contribution in [0.25, 0.3) is 0 Å². The number of anilines is 2. The summed E-state index contributed by atoms with van der Waals surface area (Å²) in [5, 5.41) is 8.81. The van der Waals surface area contributed by atoms with E-state index in [-0.39, 0.29) is 5.91 Å². The van der Waals surface area contributed by atoms with Crippen LogP contribution in [0.15, 0.2) is 17.5 Å². The number of aromatic nitrogens is 1. The van der Waals surface area contributed by atoms with Crippen LogP contribution in [-0.2, 0) is 6.42 Å². The molecule has 1 amide bonds. The van der Waals surface area contributed by atoms with Crippen LogP contribution < -0.4 is 16.4 Å². The highest BCUT2D eigenvalue weighted by molar-refractivity contribution is 7.18. The number of nitrogen functional groups attached to an aromatic ring is 1. The van der Waals surface area contributed by atoms with Gasteiger partial charge in [0.1, 0.15) is 10.7 Å². The molecule has 0 unspecified atom stereocenters. The van der Waals surface area contributed by atoms with Crippen molar-refractivity contribution >= 4 is 39.5 Å². The third-order valence-corrected chi connectivity index (χ3v) is 4.72. The lowest BCUT2D eigenvalue weighted by molar-refractivity contribution is 0.0959. The summed E-state index contributed by atoms with van der Waals surface area (Å²) in [6.45, 7) is 5.64. The van der Waals surface area contributed by atoms with Crippen LogP contribution in [0.2, 0.25) is 0 Å². The van der Waals surface area contributed by atoms with Crippen molar-refractivity contribution in [3.63, 3.8) is 0 Å². The van der Waals surface area contributed by atoms with Gasteiger partial charge in [0.2, 0.25) is 0 Å². The van der Waals surface area contributed by atoms with Crippen molar-refractivity contribution in [1.82, 2.24) is 10.3 Å². The second-order valence-corrected chi connectivity index (χ2v) is 7.12. The van der Waals surface area contributed by atoms with Crippen LogP contribution in [0.3, 0.4) is 0 Å². The Morgan fingerprint density at radius 2 is 2.29 bits per heavy atom. The third kappa shape index (κ3) is 4.71. The molecule has 7 heteroatoms. The Kier molecular flexibility index (Phi) is 5.58. The van der Waals surface area contributed by atoms with Crippen molar-refractivity contribution in [3.8, 4) is 0 Å². The highest BCUT2D eigenvalue weighted by Gasteiger charge is 2.15. The summed E-state index contributed by atoms with van der Waals surface area (Å²) < 4.78 is 0. The Bertz CT molecular complexity index is 578. The standard InChI is InChI=1S/C14H20N4OS2/c1-9(2)8-17-14-18-12(15)11(21-14)13(19)16-6-5-10-4-3-7-20-10/h3-4,7,9H,5-6,8,15H2,1-2H3,(H,16,19)(H,17,18). The molecule has 114 valence electrons. The van der Waals surface area contributed by atoms with Gasteiger partial charge >= 0.3 is 0 Å². The van der Waals surface area contributed by atoms with E-state index in [9.17, 15) is 4.79 Å². The number of carbonyl (C=O) groups is 1. The minimum absolute atomic E-state index is 0.154. The van der Waals surface area contributed by atoms with E-state index in [4.69, 9.17) is 5.73 Å². The van der Waals surface area contributed by atoms with Crippen LogP contribution >= 0.6 is 22.7 Å². The summed E-state index contributed by atoms with van der Waals surface area (Å²) in [6, 6.07) is 4.07. The Morgan fingerprint density at radius 1 is 1.48 bits per heavy atom. The van der Waals surface area contributed by atoms with Gasteiger partial charge in [0, 0.05) is 18.0 Å². The molecule has 0 spiro atoms. The average molecular weight is 324 g/mol. The topological polar surface area (TPSA) is 80.0 Å². The Morgan fingerprint density at radius 3 is 2.95 bits per heavy atom. The van der Waals surface area contributed by atoms with Gasteiger partial charge in [0.25, 0.3) is 5.91 Å². The molecule has 0 aliphatic heterocycles. The fourth-order valence-electron chi connectivity index (χ4n) is 1.70. The number of thiophene rings is 1. The van der Waals surface area contributed by atoms with Gasteiger partial charge in [0.05, 0.1) is 0 Å². The number of thiazole rings is 1. The monoisotopic (exact) mass is 324 g/mol. The summed E-state index contributed by atoms with van der Waals surface area (Å²) in [4.78, 5) is 18.0. The molecule has 0 aliphatic rings. The molecule has 0 radical (unpaired) electrons. The number of hydrogen-bond acceptors (Lipinski definition) is 6. The van der Waals surface area contributed by atoms with E-state index < -0.39 is 0 Å². The summed E-state index contributed by atoms with van der Waals surface area (Å²) in [5.41, 5.74) is 5.82. The number of nitrogens with zero attached hydrogens (tertiary/aromatic N) is 1. The number of carbonyl (C=O) groups excluding carboxylic acids is 1. The van der Waals surface area contributed by atoms with E-state index in [1.165, 1.54) is 16.2 Å². The molecule has 2 rings (SSSR count). The molecule has 2 heterocycles. The van der Waals surface area contributed by atoms with Crippen molar-refractivity contribution in [1.29, 1.82) is 0 Å². The molecule has 0 fully saturated rings. The number of rotatable bonds is 7. The van der Waals surface area contributed by atoms with Crippen molar-refractivity contribution < 1.29 is 4.79 Å². The average Bonchev–Trinajstić information content (AvgIpc) is 3.06. The third-order valence-electron chi connectivity index (χ3n) is 2.76. The lowest BCUT2D eigenvalue weighted by Gasteiger charge is -2.04. The van der Waals surface area contributed by atoms with Gasteiger partial charge in [-0.05, 0) is 23.8 Å². The molecule has 2 aromatic heterocycles. The van der Waals surface area contributed by atoms with Gasteiger partial charge in [-0.3, -0.25) is 4.79 Å². The largest absolute Gasteiger partial charge is 0.382 e. The van der Waals surface area contributed by atoms with Crippen LogP contribution in [0.1, 0.15) is 28.4 Å². The minimum atomic E-state index is -0.154. The molecule has 0 aliphatic carbocycles. The van der Waals surface area contributed by atoms with Gasteiger partial charge < -0.3 is 16.4 Å². The van der Waals surface area contributed by atoms with Crippen molar-refractivity contribution in [2.24, 2.45) is 5.92 Å². The zero-order valence-electron chi connectivity index (χ0n) is 12.2. The van der Waals surface area contributed by atoms with Crippen LogP contribution in [-0.4, -0.2) is 24.0 Å². The highest BCUT2D eigenvalue weighted by atomic mass is 32.1. The summed E-state index contributed by atoms with van der Waals surface area (Å²) in [7, 11) is 0. The van der Waals surface area contributed by atoms with Gasteiger partial charge in [-0.1, -0.05) is 31.3 Å². The highest BCUT2D eigenvalue weighted by Crippen LogP contribution is 2.25. The first kappa shape index (κ1) is 15.8. The minimum Gasteiger partial charge on any atom is -0.382 e. The van der Waals surface area contributed by atoms with Crippen molar-refractivity contribution in [2.45, 2.75) is 20.3 Å². The first-order valence-electron chi connectivity index (χ1n) is 6.87. The van der Waals surface area contributed by atoms with Crippen molar-refractivity contribution in [3.05, 3.63) is 27.3 Å². The quantitative estimate of drug-likeness (QED) is 0.731. The normalized spacial score (nSPS) is 10.8. The Hall–Kier alpha value is -1.60. The summed E-state index contributed by atoms with van der Waals surface area (Å²) >= 11 is 2.99. The molecule has 0 aromatic carbocycles. The molecule has 5 nitrogen and oxygen atoms in total. The van der Waals surface area contributed by atoms with Gasteiger partial charge in [-0.2, -0.15) is 0 Å². The molecule has 0 atom stereocenters. The fraction of sp³-hybridized carbons (Fsp3) is 0.429. The first-order chi connectivity index (χ1) is 10.1. The molecule has 0 saturated heterocycles. The second kappa shape index (κ2) is 7.42. The van der Waals surface area contributed by atoms with E-state index >= 15 is 0 Å². The SMILES string of the molecule is CC(C)CNc1nc(N)c(C(=O)NCCc2cccs2)s1. The zero-order chi connectivity index (χ0) is 15.2. The summed E-state index contributed by atoms with van der Waals surface area (Å²) in [5.74, 6) is 0.650. The van der Waals surface area contributed by atoms with Crippen LogP contribution in [0, 0.1) is 5.92 Å². The van der Waals surface area contributed by atoms with Crippen molar-refractivity contribution in [2.75, 3.05) is 24.1 Å². The van der Waals surface area contributed by atoms with Gasteiger partial charge in [-0.25, -0.2) is 4.98 Å². The maximum atomic E-state index is 12.1. The van der Waals surface area contributed by atoms with Crippen LogP contribution in [0.5, 0.6) is 0 Å². The first-order valence-corrected chi connectivity index (χ1v) is 8.56. The molecule has 21 heavy (non-hydrogen) atoms. The Balaban J connectivity index is 1.86. The fourth-order valence-corrected chi connectivity index (χ4v) is 3.21. The van der Waals surface area contributed by atoms with Crippen LogP contribution in [0.4, 0.5) is 10.9 Å². The smallest absolute Gasteiger partial charge is 0.265 e. The molecule has 0 bridgehead atoms. The number of amides is 1. The lowest BCUT2D eigenvalue weighted by Crippen LogP contribution is -2.25. The molecular formula is C14H20N4OS2. The predicted molar refractivity (Wildman–Crippen MR) is 90.2 cm³/mol. The number of hydrogen-bond donors (Lipinski definition) is 3. The Labute approximate surface area is 132 Å². The molecule has 2 aromatic rings. The molecule has 4 N–H and O–H groups in total. The maximum absolute atomic E-state index is 12.1. The number of nitrogens with two attached hydrogens (primary N) is 1. The van der Waals surface area contributed by atoms with E-state index in [0.717, 1.165) is 13.0 Å². The molecule has 0 saturated carbocycles. The number of nitrogens with one attached hydrogen (secondary N) is 2. The lowest BCUT2D eigenvalue weighted by atomic mass is 10.2. The van der Waals surface area contributed by atoms with E-state index in [0.29, 0.717) is 28.3 Å². The van der Waals surface area contributed by atoms with Gasteiger partial charge in [0.15, 0.2) is 5.13 Å². The summed E-state index contributed by atoms with van der Waals surface area (Å²) in [6.07, 6.45) is 0.834. The zero-order valence-corrected chi connectivity index (χ0v) is 13.8. The van der Waals surface area contributed by atoms with E-state index in [2.05, 4.69) is 35.5 Å². The maximum Gasteiger partial charge on any atom is 0.265 e. The second-order valence-electron chi connectivity index (χ2n) is 5.09. The van der Waals surface area contributed by atoms with Gasteiger partial charge in [-0.15, -0.1) is 11.3 Å². The molecular weight excluding hydrogens is 304 g/mol.